The van der Waals surface area contributed by atoms with Gasteiger partial charge in [-0.1, -0.05) is 6.92 Å². The highest BCUT2D eigenvalue weighted by atomic mass is 16.3. The largest absolute Gasteiger partial charge is 0.395 e. The zero-order valence-corrected chi connectivity index (χ0v) is 8.32. The molecule has 5 nitrogen and oxygen atoms in total. The molecule has 14 heavy (non-hydrogen) atoms. The number of rotatable bonds is 6. The Bertz CT molecular complexity index is 243. The minimum Gasteiger partial charge on any atom is -0.395 e. The molecular weight excluding hydrogens is 180 g/mol. The predicted molar refractivity (Wildman–Crippen MR) is 56.4 cm³/mol. The molecule has 0 spiro atoms. The first-order chi connectivity index (χ1) is 6.86. The number of nitrogens with one attached hydrogen (secondary N) is 2. The highest BCUT2D eigenvalue weighted by Crippen LogP contribution is 2.04. The van der Waals surface area contributed by atoms with Crippen molar-refractivity contribution in [1.29, 1.82) is 0 Å². The van der Waals surface area contributed by atoms with Gasteiger partial charge in [-0.3, -0.25) is 0 Å². The van der Waals surface area contributed by atoms with E-state index in [1.807, 2.05) is 0 Å². The summed E-state index contributed by atoms with van der Waals surface area (Å²) in [6.07, 6.45) is 2.72. The first-order valence-electron chi connectivity index (χ1n) is 4.78. The fraction of sp³-hybridized carbons (Fsp3) is 0.556. The van der Waals surface area contributed by atoms with Gasteiger partial charge in [0, 0.05) is 19.3 Å². The molecule has 0 unspecified atom stereocenters. The average molecular weight is 196 g/mol. The van der Waals surface area contributed by atoms with E-state index in [0.29, 0.717) is 12.5 Å². The summed E-state index contributed by atoms with van der Waals surface area (Å²) in [4.78, 5) is 8.26. The zero-order chi connectivity index (χ0) is 10.2. The molecule has 0 aliphatic carbocycles. The molecule has 0 fully saturated rings. The van der Waals surface area contributed by atoms with E-state index < -0.39 is 0 Å². The lowest BCUT2D eigenvalue weighted by Gasteiger charge is -2.06. The molecule has 0 bridgehead atoms. The third kappa shape index (κ3) is 3.57. The monoisotopic (exact) mass is 196 g/mol. The SMILES string of the molecule is CCCNc1nccc(NCCO)n1. The molecule has 1 aromatic rings. The van der Waals surface area contributed by atoms with Crippen molar-refractivity contribution in [3.05, 3.63) is 12.3 Å². The van der Waals surface area contributed by atoms with Crippen LogP contribution in [-0.4, -0.2) is 34.8 Å². The smallest absolute Gasteiger partial charge is 0.224 e. The quantitative estimate of drug-likeness (QED) is 0.625. The van der Waals surface area contributed by atoms with Gasteiger partial charge in [0.1, 0.15) is 5.82 Å². The van der Waals surface area contributed by atoms with E-state index in [4.69, 9.17) is 5.11 Å². The summed E-state index contributed by atoms with van der Waals surface area (Å²) in [5.74, 6) is 1.35. The van der Waals surface area contributed by atoms with E-state index in [1.54, 1.807) is 12.3 Å². The van der Waals surface area contributed by atoms with E-state index in [-0.39, 0.29) is 6.61 Å². The van der Waals surface area contributed by atoms with Crippen molar-refractivity contribution < 1.29 is 5.11 Å². The molecule has 1 aromatic heterocycles. The normalized spacial score (nSPS) is 9.86. The molecule has 0 saturated heterocycles. The second-order valence-corrected chi connectivity index (χ2v) is 2.84. The van der Waals surface area contributed by atoms with Crippen LogP contribution in [0, 0.1) is 0 Å². The molecule has 0 aromatic carbocycles. The van der Waals surface area contributed by atoms with E-state index in [9.17, 15) is 0 Å². The molecule has 0 atom stereocenters. The van der Waals surface area contributed by atoms with Crippen LogP contribution in [0.4, 0.5) is 11.8 Å². The average Bonchev–Trinajstić information content (AvgIpc) is 2.24. The van der Waals surface area contributed by atoms with Gasteiger partial charge >= 0.3 is 0 Å². The van der Waals surface area contributed by atoms with Gasteiger partial charge in [-0.05, 0) is 12.5 Å². The van der Waals surface area contributed by atoms with Crippen LogP contribution in [0.15, 0.2) is 12.3 Å². The Balaban J connectivity index is 2.50. The molecule has 1 heterocycles. The van der Waals surface area contributed by atoms with E-state index in [1.165, 1.54) is 0 Å². The third-order valence-electron chi connectivity index (χ3n) is 1.61. The molecule has 5 heteroatoms. The van der Waals surface area contributed by atoms with E-state index in [0.717, 1.165) is 18.8 Å². The van der Waals surface area contributed by atoms with Crippen molar-refractivity contribution in [2.75, 3.05) is 30.3 Å². The van der Waals surface area contributed by atoms with Crippen LogP contribution in [0.1, 0.15) is 13.3 Å². The standard InChI is InChI=1S/C9H16N4O/c1-2-4-11-9-12-5-3-8(13-9)10-6-7-14/h3,5,14H,2,4,6-7H2,1H3,(H2,10,11,12,13). The number of hydrogen-bond donors (Lipinski definition) is 3. The molecule has 78 valence electrons. The Kier molecular flexibility index (Phi) is 4.71. The Morgan fingerprint density at radius 1 is 1.36 bits per heavy atom. The van der Waals surface area contributed by atoms with Crippen molar-refractivity contribution >= 4 is 11.8 Å². The van der Waals surface area contributed by atoms with Gasteiger partial charge in [0.05, 0.1) is 6.61 Å². The van der Waals surface area contributed by atoms with Gasteiger partial charge in [0.2, 0.25) is 5.95 Å². The van der Waals surface area contributed by atoms with Crippen molar-refractivity contribution in [2.45, 2.75) is 13.3 Å². The maximum atomic E-state index is 8.62. The van der Waals surface area contributed by atoms with Gasteiger partial charge in [-0.15, -0.1) is 0 Å². The van der Waals surface area contributed by atoms with Gasteiger partial charge < -0.3 is 15.7 Å². The van der Waals surface area contributed by atoms with Crippen molar-refractivity contribution in [3.63, 3.8) is 0 Å². The topological polar surface area (TPSA) is 70.1 Å². The highest BCUT2D eigenvalue weighted by Gasteiger charge is 1.96. The molecule has 1 rings (SSSR count). The summed E-state index contributed by atoms with van der Waals surface area (Å²) in [6.45, 7) is 3.55. The second-order valence-electron chi connectivity index (χ2n) is 2.84. The Morgan fingerprint density at radius 3 is 2.93 bits per heavy atom. The Morgan fingerprint density at radius 2 is 2.21 bits per heavy atom. The number of nitrogens with zero attached hydrogens (tertiary/aromatic N) is 2. The summed E-state index contributed by atoms with van der Waals surface area (Å²) >= 11 is 0. The fourth-order valence-corrected chi connectivity index (χ4v) is 0.963. The molecule has 3 N–H and O–H groups in total. The molecule has 0 amide bonds. The fourth-order valence-electron chi connectivity index (χ4n) is 0.963. The Hall–Kier alpha value is -1.36. The van der Waals surface area contributed by atoms with Gasteiger partial charge in [0.25, 0.3) is 0 Å². The lowest BCUT2D eigenvalue weighted by atomic mass is 10.5. The van der Waals surface area contributed by atoms with E-state index in [2.05, 4.69) is 27.5 Å². The van der Waals surface area contributed by atoms with Gasteiger partial charge in [-0.2, -0.15) is 4.98 Å². The first kappa shape index (κ1) is 10.7. The third-order valence-corrected chi connectivity index (χ3v) is 1.61. The maximum Gasteiger partial charge on any atom is 0.224 e. The zero-order valence-electron chi connectivity index (χ0n) is 8.32. The number of hydrogen-bond acceptors (Lipinski definition) is 5. The number of aliphatic hydroxyl groups is 1. The lowest BCUT2D eigenvalue weighted by molar-refractivity contribution is 0.311. The minimum atomic E-state index is 0.0989. The summed E-state index contributed by atoms with van der Waals surface area (Å²) < 4.78 is 0. The van der Waals surface area contributed by atoms with Crippen LogP contribution < -0.4 is 10.6 Å². The predicted octanol–water partition coefficient (Wildman–Crippen LogP) is 0.703. The molecular formula is C9H16N4O. The minimum absolute atomic E-state index is 0.0989. The summed E-state index contributed by atoms with van der Waals surface area (Å²) in [7, 11) is 0. The molecule has 0 radical (unpaired) electrons. The van der Waals surface area contributed by atoms with Crippen LogP contribution in [-0.2, 0) is 0 Å². The summed E-state index contributed by atoms with van der Waals surface area (Å²) in [5.41, 5.74) is 0. The van der Waals surface area contributed by atoms with Crippen molar-refractivity contribution in [3.8, 4) is 0 Å². The van der Waals surface area contributed by atoms with Crippen molar-refractivity contribution in [2.24, 2.45) is 0 Å². The van der Waals surface area contributed by atoms with Crippen LogP contribution in [0.25, 0.3) is 0 Å². The summed E-state index contributed by atoms with van der Waals surface area (Å²) in [5, 5.41) is 14.7. The lowest BCUT2D eigenvalue weighted by Crippen LogP contribution is -2.09. The molecule has 0 aliphatic heterocycles. The van der Waals surface area contributed by atoms with Crippen LogP contribution in [0.3, 0.4) is 0 Å². The molecule has 0 saturated carbocycles. The number of anilines is 2. The Labute approximate surface area is 83.6 Å². The summed E-state index contributed by atoms with van der Waals surface area (Å²) in [6, 6.07) is 1.77. The number of aromatic nitrogens is 2. The molecule has 0 aliphatic rings. The van der Waals surface area contributed by atoms with Gasteiger partial charge in [0.15, 0.2) is 0 Å². The van der Waals surface area contributed by atoms with Crippen LogP contribution in [0.2, 0.25) is 0 Å². The number of aliphatic hydroxyl groups excluding tert-OH is 1. The van der Waals surface area contributed by atoms with Crippen molar-refractivity contribution in [1.82, 2.24) is 9.97 Å². The first-order valence-corrected chi connectivity index (χ1v) is 4.78. The van der Waals surface area contributed by atoms with Crippen LogP contribution in [0.5, 0.6) is 0 Å². The van der Waals surface area contributed by atoms with Crippen LogP contribution >= 0.6 is 0 Å². The maximum absolute atomic E-state index is 8.62. The second kappa shape index (κ2) is 6.15. The van der Waals surface area contributed by atoms with Gasteiger partial charge in [-0.25, -0.2) is 4.98 Å². The van der Waals surface area contributed by atoms with E-state index >= 15 is 0 Å². The highest BCUT2D eigenvalue weighted by molar-refractivity contribution is 5.39.